The molecule has 1 aliphatic heterocycles. The average Bonchev–Trinajstić information content (AvgIpc) is 2.80. The van der Waals surface area contributed by atoms with Gasteiger partial charge in [0.05, 0.1) is 18.4 Å². The molecule has 1 heterocycles. The van der Waals surface area contributed by atoms with E-state index in [1.807, 2.05) is 0 Å². The van der Waals surface area contributed by atoms with Gasteiger partial charge in [0.1, 0.15) is 23.2 Å². The summed E-state index contributed by atoms with van der Waals surface area (Å²) in [6.45, 7) is 1.03. The smallest absolute Gasteiger partial charge is 0.128 e. The number of benzene rings is 4. The van der Waals surface area contributed by atoms with E-state index in [-0.39, 0.29) is 0 Å². The first-order valence-corrected chi connectivity index (χ1v) is 11.8. The zero-order valence-corrected chi connectivity index (χ0v) is 16.7. The van der Waals surface area contributed by atoms with E-state index in [1.165, 1.54) is 27.3 Å². The van der Waals surface area contributed by atoms with Crippen LogP contribution in [0.1, 0.15) is 0 Å². The molecule has 28 heavy (non-hydrogen) atoms. The van der Waals surface area contributed by atoms with Gasteiger partial charge in [-0.25, -0.2) is 0 Å². The number of para-hydroxylation sites is 2. The van der Waals surface area contributed by atoms with Gasteiger partial charge in [-0.3, -0.25) is 0 Å². The number of hydrogen-bond acceptors (Lipinski definition) is 1. The number of hydrogen-bond donors (Lipinski definition) is 0. The fourth-order valence-electron chi connectivity index (χ4n) is 4.43. The normalized spacial score (nSPS) is 15.1. The van der Waals surface area contributed by atoms with Crippen LogP contribution in [-0.2, 0) is 0 Å². The summed E-state index contributed by atoms with van der Waals surface area (Å²) in [5.74, 6) is 0. The van der Waals surface area contributed by atoms with Gasteiger partial charge >= 0.3 is 0 Å². The fraction of sp³-hybridized carbons (Fsp3) is 0.0769. The first kappa shape index (κ1) is 17.2. The Hall–Kier alpha value is -2.89. The van der Waals surface area contributed by atoms with Crippen molar-refractivity contribution in [3.63, 3.8) is 0 Å². The molecule has 4 aromatic rings. The molecule has 0 fully saturated rings. The highest BCUT2D eigenvalue weighted by molar-refractivity contribution is 7.96. The van der Waals surface area contributed by atoms with Gasteiger partial charge in [0.2, 0.25) is 0 Å². The van der Waals surface area contributed by atoms with Crippen molar-refractivity contribution in [2.45, 2.75) is 0 Å². The molecule has 0 aromatic heterocycles. The molecule has 0 aliphatic carbocycles. The molecule has 5 rings (SSSR count). The first-order chi connectivity index (χ1) is 13.9. The van der Waals surface area contributed by atoms with Crippen molar-refractivity contribution >= 4 is 34.6 Å². The van der Waals surface area contributed by atoms with Crippen LogP contribution in [0, 0.1) is 0 Å². The summed E-state index contributed by atoms with van der Waals surface area (Å²) >= 11 is 0. The molecule has 0 saturated heterocycles. The summed E-state index contributed by atoms with van der Waals surface area (Å²) in [4.78, 5) is 2.49. The van der Waals surface area contributed by atoms with Crippen molar-refractivity contribution in [2.24, 2.45) is 0 Å². The average molecular weight is 380 g/mol. The van der Waals surface area contributed by atoms with Crippen LogP contribution in [0.15, 0.2) is 115 Å². The Morgan fingerprint density at radius 3 is 1.64 bits per heavy atom. The zero-order valence-electron chi connectivity index (χ0n) is 15.8. The first-order valence-electron chi connectivity index (χ1n) is 9.81. The third kappa shape index (κ3) is 2.75. The van der Waals surface area contributed by atoms with E-state index in [4.69, 9.17) is 0 Å². The van der Waals surface area contributed by atoms with Gasteiger partial charge in [0, 0.05) is 5.69 Å². The SMILES string of the molecule is c1ccc(N2CC[P+](c3ccccc3)(c3ccccc3)c3ccccc32)cc1. The quantitative estimate of drug-likeness (QED) is 0.445. The Balaban J connectivity index is 1.77. The van der Waals surface area contributed by atoms with Crippen LogP contribution in [0.3, 0.4) is 0 Å². The monoisotopic (exact) mass is 380 g/mol. The van der Waals surface area contributed by atoms with Crippen LogP contribution in [-0.4, -0.2) is 12.7 Å². The third-order valence-electron chi connectivity index (χ3n) is 5.70. The Bertz CT molecular complexity index is 1020. The lowest BCUT2D eigenvalue weighted by molar-refractivity contribution is 1.02. The summed E-state index contributed by atoms with van der Waals surface area (Å²) < 4.78 is 0. The van der Waals surface area contributed by atoms with Gasteiger partial charge in [-0.2, -0.15) is 0 Å². The van der Waals surface area contributed by atoms with Crippen LogP contribution < -0.4 is 20.8 Å². The minimum Gasteiger partial charge on any atom is -0.335 e. The maximum absolute atomic E-state index is 2.49. The number of rotatable bonds is 3. The predicted octanol–water partition coefficient (Wildman–Crippen LogP) is 5.13. The van der Waals surface area contributed by atoms with Gasteiger partial charge in [-0.15, -0.1) is 0 Å². The maximum atomic E-state index is 2.49. The van der Waals surface area contributed by atoms with E-state index in [2.05, 4.69) is 120 Å². The van der Waals surface area contributed by atoms with E-state index >= 15 is 0 Å². The van der Waals surface area contributed by atoms with Crippen molar-refractivity contribution in [3.8, 4) is 0 Å². The van der Waals surface area contributed by atoms with Crippen LogP contribution in [0.4, 0.5) is 11.4 Å². The second-order valence-corrected chi connectivity index (χ2v) is 10.8. The Labute approximate surface area is 167 Å². The highest BCUT2D eigenvalue weighted by Crippen LogP contribution is 2.59. The second-order valence-electron chi connectivity index (χ2n) is 7.18. The molecular weight excluding hydrogens is 357 g/mol. The maximum Gasteiger partial charge on any atom is 0.128 e. The van der Waals surface area contributed by atoms with Crippen LogP contribution in [0.25, 0.3) is 0 Å². The molecule has 0 N–H and O–H groups in total. The lowest BCUT2D eigenvalue weighted by atomic mass is 10.2. The molecule has 0 unspecified atom stereocenters. The molecule has 2 heteroatoms. The number of nitrogens with zero attached hydrogens (tertiary/aromatic N) is 1. The van der Waals surface area contributed by atoms with E-state index in [0.717, 1.165) is 12.7 Å². The summed E-state index contributed by atoms with van der Waals surface area (Å²) in [5.41, 5.74) is 2.62. The second kappa shape index (κ2) is 7.26. The molecule has 0 saturated carbocycles. The highest BCUT2D eigenvalue weighted by atomic mass is 31.2. The van der Waals surface area contributed by atoms with Gasteiger partial charge < -0.3 is 4.90 Å². The van der Waals surface area contributed by atoms with Crippen molar-refractivity contribution in [2.75, 3.05) is 17.6 Å². The molecule has 0 atom stereocenters. The summed E-state index contributed by atoms with van der Waals surface area (Å²) in [5, 5.41) is 4.44. The fourth-order valence-corrected chi connectivity index (χ4v) is 8.83. The number of anilines is 2. The van der Waals surface area contributed by atoms with Crippen LogP contribution >= 0.6 is 7.26 Å². The van der Waals surface area contributed by atoms with Gasteiger partial charge in [-0.1, -0.05) is 66.7 Å². The largest absolute Gasteiger partial charge is 0.335 e. The molecule has 0 bridgehead atoms. The minimum atomic E-state index is -1.68. The Kier molecular flexibility index (Phi) is 4.47. The molecule has 1 aliphatic rings. The number of fused-ring (bicyclic) bond motifs is 1. The standard InChI is InChI=1S/C26H23NP/c1-4-12-22(13-5-1)27-20-21-28(23-14-6-2-7-15-23,24-16-8-3-9-17-24)26-19-11-10-18-25(26)27/h1-19H,20-21H2/q+1. The lowest BCUT2D eigenvalue weighted by Gasteiger charge is -2.38. The summed E-state index contributed by atoms with van der Waals surface area (Å²) in [6, 6.07) is 42.1. The molecule has 136 valence electrons. The highest BCUT2D eigenvalue weighted by Gasteiger charge is 2.50. The topological polar surface area (TPSA) is 3.24 Å². The molecule has 1 nitrogen and oxygen atoms in total. The van der Waals surface area contributed by atoms with Crippen molar-refractivity contribution in [3.05, 3.63) is 115 Å². The summed E-state index contributed by atoms with van der Waals surface area (Å²) in [7, 11) is -1.68. The molecule has 0 amide bonds. The van der Waals surface area contributed by atoms with Crippen molar-refractivity contribution < 1.29 is 0 Å². The van der Waals surface area contributed by atoms with Gasteiger partial charge in [0.25, 0.3) is 0 Å². The van der Waals surface area contributed by atoms with E-state index in [0.29, 0.717) is 0 Å². The van der Waals surface area contributed by atoms with E-state index < -0.39 is 7.26 Å². The molecule has 0 spiro atoms. The van der Waals surface area contributed by atoms with Gasteiger partial charge in [0.15, 0.2) is 0 Å². The molecule has 0 radical (unpaired) electrons. The zero-order chi connectivity index (χ0) is 18.8. The Morgan fingerprint density at radius 1 is 0.536 bits per heavy atom. The predicted molar refractivity (Wildman–Crippen MR) is 123 cm³/mol. The lowest BCUT2D eigenvalue weighted by Crippen LogP contribution is -2.43. The third-order valence-corrected chi connectivity index (χ3v) is 10.1. The summed E-state index contributed by atoms with van der Waals surface area (Å²) in [6.07, 6.45) is 1.15. The van der Waals surface area contributed by atoms with Crippen LogP contribution in [0.2, 0.25) is 0 Å². The molecule has 4 aromatic carbocycles. The van der Waals surface area contributed by atoms with Crippen molar-refractivity contribution in [1.29, 1.82) is 0 Å². The van der Waals surface area contributed by atoms with E-state index in [9.17, 15) is 0 Å². The molecular formula is C26H23NP+. The minimum absolute atomic E-state index is 1.03. The van der Waals surface area contributed by atoms with Gasteiger partial charge in [-0.05, 0) is 48.5 Å². The van der Waals surface area contributed by atoms with E-state index in [1.54, 1.807) is 0 Å². The van der Waals surface area contributed by atoms with Crippen molar-refractivity contribution in [1.82, 2.24) is 0 Å². The Morgan fingerprint density at radius 2 is 1.04 bits per heavy atom. The van der Waals surface area contributed by atoms with Crippen LogP contribution in [0.5, 0.6) is 0 Å².